The second kappa shape index (κ2) is 5.71. The summed E-state index contributed by atoms with van der Waals surface area (Å²) in [5.41, 5.74) is 3.51. The molecule has 3 nitrogen and oxygen atoms in total. The summed E-state index contributed by atoms with van der Waals surface area (Å²) in [6, 6.07) is 12.6. The van der Waals surface area contributed by atoms with Gasteiger partial charge < -0.3 is 9.80 Å². The van der Waals surface area contributed by atoms with Crippen LogP contribution in [0.15, 0.2) is 42.5 Å². The normalized spacial score (nSPS) is 23.0. The molecule has 0 aliphatic carbocycles. The van der Waals surface area contributed by atoms with Crippen molar-refractivity contribution in [2.24, 2.45) is 0 Å². The van der Waals surface area contributed by atoms with Gasteiger partial charge in [-0.2, -0.15) is 0 Å². The van der Waals surface area contributed by atoms with Gasteiger partial charge >= 0.3 is 0 Å². The first-order valence-corrected chi connectivity index (χ1v) is 8.43. The van der Waals surface area contributed by atoms with Crippen LogP contribution in [0.1, 0.15) is 33.8 Å². The lowest BCUT2D eigenvalue weighted by Gasteiger charge is -2.36. The van der Waals surface area contributed by atoms with E-state index in [2.05, 4.69) is 24.9 Å². The Bertz CT molecular complexity index is 804. The minimum atomic E-state index is -0.451. The number of hydrogen-bond acceptors (Lipinski definition) is 2. The lowest BCUT2D eigenvalue weighted by atomic mass is 9.88. The fourth-order valence-electron chi connectivity index (χ4n) is 4.11. The zero-order valence-corrected chi connectivity index (χ0v) is 14.0. The fraction of sp³-hybridized carbons (Fsp3) is 0.350. The summed E-state index contributed by atoms with van der Waals surface area (Å²) in [6.45, 7) is 3.96. The van der Waals surface area contributed by atoms with Crippen LogP contribution in [0.3, 0.4) is 0 Å². The molecule has 0 unspecified atom stereocenters. The highest BCUT2D eigenvalue weighted by Gasteiger charge is 2.44. The third-order valence-corrected chi connectivity index (χ3v) is 5.28. The first-order chi connectivity index (χ1) is 11.6. The second-order valence-electron chi connectivity index (χ2n) is 6.94. The molecule has 0 bridgehead atoms. The summed E-state index contributed by atoms with van der Waals surface area (Å²) in [6.07, 6.45) is 0.912. The molecule has 2 heterocycles. The molecule has 0 spiro atoms. The summed E-state index contributed by atoms with van der Waals surface area (Å²) in [5, 5.41) is 0. The monoisotopic (exact) mass is 324 g/mol. The Morgan fingerprint density at radius 2 is 2.00 bits per heavy atom. The van der Waals surface area contributed by atoms with E-state index in [9.17, 15) is 9.18 Å². The third-order valence-electron chi connectivity index (χ3n) is 5.28. The third kappa shape index (κ3) is 2.33. The van der Waals surface area contributed by atoms with Crippen molar-refractivity contribution in [1.82, 2.24) is 4.90 Å². The number of amides is 1. The quantitative estimate of drug-likeness (QED) is 0.800. The molecule has 1 amide bonds. The minimum Gasteiger partial charge on any atom is -0.306 e. The van der Waals surface area contributed by atoms with Crippen molar-refractivity contribution in [3.05, 3.63) is 65.0 Å². The zero-order valence-electron chi connectivity index (χ0n) is 14.0. The van der Waals surface area contributed by atoms with Crippen molar-refractivity contribution in [2.45, 2.75) is 25.3 Å². The number of likely N-dealkylation sites (tertiary alicyclic amines) is 1. The van der Waals surface area contributed by atoms with Crippen molar-refractivity contribution in [1.29, 1.82) is 0 Å². The fourth-order valence-corrected chi connectivity index (χ4v) is 4.11. The topological polar surface area (TPSA) is 23.6 Å². The highest BCUT2D eigenvalue weighted by Crippen LogP contribution is 2.45. The van der Waals surface area contributed by atoms with Crippen LogP contribution in [-0.2, 0) is 0 Å². The SMILES string of the molecule is Cc1ccc2c(c1)[C@H]1CN(C)CC[C@@H]1N2C(=O)c1ccccc1F. The van der Waals surface area contributed by atoms with E-state index in [1.165, 1.54) is 17.2 Å². The molecule has 4 heteroatoms. The van der Waals surface area contributed by atoms with Gasteiger partial charge in [0.2, 0.25) is 0 Å². The summed E-state index contributed by atoms with van der Waals surface area (Å²) in [5.74, 6) is -0.378. The zero-order chi connectivity index (χ0) is 16.8. The van der Waals surface area contributed by atoms with Gasteiger partial charge in [-0.25, -0.2) is 4.39 Å². The van der Waals surface area contributed by atoms with Gasteiger partial charge in [0.05, 0.1) is 5.56 Å². The Hall–Kier alpha value is -2.20. The summed E-state index contributed by atoms with van der Waals surface area (Å²) < 4.78 is 14.2. The maximum absolute atomic E-state index is 14.2. The largest absolute Gasteiger partial charge is 0.306 e. The number of rotatable bonds is 1. The molecular weight excluding hydrogens is 303 g/mol. The number of carbonyl (C=O) groups excluding carboxylic acids is 1. The van der Waals surface area contributed by atoms with Crippen molar-refractivity contribution in [3.63, 3.8) is 0 Å². The smallest absolute Gasteiger partial charge is 0.261 e. The molecule has 0 aromatic heterocycles. The van der Waals surface area contributed by atoms with Crippen molar-refractivity contribution >= 4 is 11.6 Å². The summed E-state index contributed by atoms with van der Waals surface area (Å²) >= 11 is 0. The predicted octanol–water partition coefficient (Wildman–Crippen LogP) is 3.58. The van der Waals surface area contributed by atoms with Gasteiger partial charge in [-0.05, 0) is 50.7 Å². The average Bonchev–Trinajstić information content (AvgIpc) is 2.88. The van der Waals surface area contributed by atoms with Gasteiger partial charge in [0.25, 0.3) is 5.91 Å². The first-order valence-electron chi connectivity index (χ1n) is 8.43. The maximum atomic E-state index is 14.2. The number of likely N-dealkylation sites (N-methyl/N-ethyl adjacent to an activating group) is 1. The Morgan fingerprint density at radius 3 is 2.79 bits per heavy atom. The Balaban J connectivity index is 1.81. The van der Waals surface area contributed by atoms with E-state index >= 15 is 0 Å². The van der Waals surface area contributed by atoms with E-state index in [0.717, 1.165) is 25.2 Å². The van der Waals surface area contributed by atoms with Crippen LogP contribution in [-0.4, -0.2) is 37.0 Å². The van der Waals surface area contributed by atoms with E-state index in [-0.39, 0.29) is 17.5 Å². The summed E-state index contributed by atoms with van der Waals surface area (Å²) in [7, 11) is 2.12. The second-order valence-corrected chi connectivity index (χ2v) is 6.94. The van der Waals surface area contributed by atoms with Gasteiger partial charge in [0.15, 0.2) is 0 Å². The molecule has 2 aromatic rings. The molecule has 1 saturated heterocycles. The lowest BCUT2D eigenvalue weighted by Crippen LogP contribution is -2.47. The molecule has 2 aliphatic heterocycles. The van der Waals surface area contributed by atoms with Crippen LogP contribution in [0, 0.1) is 12.7 Å². The number of carbonyl (C=O) groups is 1. The molecule has 2 aliphatic rings. The van der Waals surface area contributed by atoms with Crippen molar-refractivity contribution < 1.29 is 9.18 Å². The summed E-state index contributed by atoms with van der Waals surface area (Å²) in [4.78, 5) is 17.3. The maximum Gasteiger partial charge on any atom is 0.261 e. The number of benzene rings is 2. The Morgan fingerprint density at radius 1 is 1.21 bits per heavy atom. The van der Waals surface area contributed by atoms with E-state index in [0.29, 0.717) is 5.92 Å². The molecular formula is C20H21FN2O. The molecule has 0 N–H and O–H groups in total. The van der Waals surface area contributed by atoms with Crippen LogP contribution in [0.2, 0.25) is 0 Å². The van der Waals surface area contributed by atoms with Crippen LogP contribution >= 0.6 is 0 Å². The molecule has 0 saturated carbocycles. The number of aryl methyl sites for hydroxylation is 1. The van der Waals surface area contributed by atoms with Crippen LogP contribution in [0.25, 0.3) is 0 Å². The van der Waals surface area contributed by atoms with E-state index in [1.54, 1.807) is 18.2 Å². The highest BCUT2D eigenvalue weighted by molar-refractivity contribution is 6.08. The van der Waals surface area contributed by atoms with Crippen LogP contribution < -0.4 is 4.90 Å². The van der Waals surface area contributed by atoms with Gasteiger partial charge in [0, 0.05) is 24.2 Å². The first kappa shape index (κ1) is 15.3. The Labute approximate surface area is 141 Å². The number of nitrogens with zero attached hydrogens (tertiary/aromatic N) is 2. The number of fused-ring (bicyclic) bond motifs is 3. The van der Waals surface area contributed by atoms with E-state index in [1.807, 2.05) is 17.0 Å². The molecule has 2 atom stereocenters. The molecule has 1 fully saturated rings. The van der Waals surface area contributed by atoms with E-state index in [4.69, 9.17) is 0 Å². The van der Waals surface area contributed by atoms with Crippen LogP contribution in [0.5, 0.6) is 0 Å². The molecule has 124 valence electrons. The minimum absolute atomic E-state index is 0.116. The van der Waals surface area contributed by atoms with Gasteiger partial charge in [-0.15, -0.1) is 0 Å². The number of piperidine rings is 1. The highest BCUT2D eigenvalue weighted by atomic mass is 19.1. The van der Waals surface area contributed by atoms with E-state index < -0.39 is 5.82 Å². The molecule has 24 heavy (non-hydrogen) atoms. The molecule has 4 rings (SSSR count). The standard InChI is InChI=1S/C20H21FN2O/c1-13-7-8-18-15(11-13)16-12-22(2)10-9-19(16)23(18)20(24)14-5-3-4-6-17(14)21/h3-8,11,16,19H,9-10,12H2,1-2H3/t16-,19+/m1/s1. The Kier molecular flexibility index (Phi) is 3.65. The number of halogens is 1. The van der Waals surface area contributed by atoms with Crippen molar-refractivity contribution in [3.8, 4) is 0 Å². The number of anilines is 1. The van der Waals surface area contributed by atoms with Crippen molar-refractivity contribution in [2.75, 3.05) is 25.0 Å². The van der Waals surface area contributed by atoms with Gasteiger partial charge in [0.1, 0.15) is 5.82 Å². The molecule has 0 radical (unpaired) electrons. The van der Waals surface area contributed by atoms with Crippen LogP contribution in [0.4, 0.5) is 10.1 Å². The lowest BCUT2D eigenvalue weighted by molar-refractivity contribution is 0.0961. The predicted molar refractivity (Wildman–Crippen MR) is 93.0 cm³/mol. The number of hydrogen-bond donors (Lipinski definition) is 0. The van der Waals surface area contributed by atoms with Gasteiger partial charge in [-0.3, -0.25) is 4.79 Å². The average molecular weight is 324 g/mol. The van der Waals surface area contributed by atoms with Gasteiger partial charge in [-0.1, -0.05) is 29.8 Å². The molecule has 2 aromatic carbocycles.